The van der Waals surface area contributed by atoms with Crippen LogP contribution in [0.1, 0.15) is 20.8 Å². The van der Waals surface area contributed by atoms with E-state index in [1.807, 2.05) is 31.2 Å². The third-order valence-corrected chi connectivity index (χ3v) is 4.86. The van der Waals surface area contributed by atoms with E-state index in [1.54, 1.807) is 0 Å². The number of nitrogens with zero attached hydrogens (tertiary/aromatic N) is 2. The second-order valence-electron chi connectivity index (χ2n) is 5.44. The van der Waals surface area contributed by atoms with Crippen molar-refractivity contribution in [3.63, 3.8) is 0 Å². The van der Waals surface area contributed by atoms with Gasteiger partial charge in [0.15, 0.2) is 4.34 Å². The average molecular weight is 367 g/mol. The first kappa shape index (κ1) is 18.5. The van der Waals surface area contributed by atoms with E-state index in [1.165, 1.54) is 23.1 Å². The molecule has 2 aromatic rings. The van der Waals surface area contributed by atoms with Gasteiger partial charge in [0, 0.05) is 12.2 Å². The van der Waals surface area contributed by atoms with Crippen LogP contribution < -0.4 is 15.4 Å². The second kappa shape index (κ2) is 9.48. The Hall–Kier alpha value is -1.80. The van der Waals surface area contributed by atoms with E-state index in [2.05, 4.69) is 34.7 Å². The highest BCUT2D eigenvalue weighted by molar-refractivity contribution is 8.01. The van der Waals surface area contributed by atoms with E-state index in [9.17, 15) is 4.79 Å². The van der Waals surface area contributed by atoms with Crippen molar-refractivity contribution in [2.75, 3.05) is 29.5 Å². The van der Waals surface area contributed by atoms with Gasteiger partial charge < -0.3 is 15.4 Å². The lowest BCUT2D eigenvalue weighted by atomic mass is 10.2. The highest BCUT2D eigenvalue weighted by atomic mass is 32.2. The molecule has 6 nitrogen and oxygen atoms in total. The van der Waals surface area contributed by atoms with Crippen LogP contribution >= 0.6 is 23.1 Å². The number of hydrogen-bond acceptors (Lipinski definition) is 7. The fourth-order valence-electron chi connectivity index (χ4n) is 1.76. The summed E-state index contributed by atoms with van der Waals surface area (Å²) in [5, 5.41) is 15.0. The molecule has 1 aromatic heterocycles. The van der Waals surface area contributed by atoms with Gasteiger partial charge in [-0.05, 0) is 37.1 Å². The fourth-order valence-corrected chi connectivity index (χ4v) is 3.32. The van der Waals surface area contributed by atoms with Crippen molar-refractivity contribution in [3.8, 4) is 5.75 Å². The van der Waals surface area contributed by atoms with Crippen molar-refractivity contribution < 1.29 is 9.53 Å². The number of hydrogen-bond donors (Lipinski definition) is 2. The molecule has 0 aliphatic rings. The fraction of sp³-hybridized carbons (Fsp3) is 0.438. The molecule has 0 radical (unpaired) electrons. The van der Waals surface area contributed by atoms with Gasteiger partial charge in [0.05, 0.1) is 12.4 Å². The molecule has 2 N–H and O–H groups in total. The number of nitrogens with one attached hydrogen (secondary N) is 2. The SMILES string of the molecule is CCOc1ccc(NC(=O)CSc2nnc(NCC(C)C)s2)cc1. The molecule has 0 bridgehead atoms. The molecule has 0 saturated heterocycles. The second-order valence-corrected chi connectivity index (χ2v) is 7.64. The molecular weight excluding hydrogens is 344 g/mol. The molecule has 1 heterocycles. The first-order valence-electron chi connectivity index (χ1n) is 7.79. The van der Waals surface area contributed by atoms with Gasteiger partial charge in [0.25, 0.3) is 0 Å². The quantitative estimate of drug-likeness (QED) is 0.659. The summed E-state index contributed by atoms with van der Waals surface area (Å²) in [6, 6.07) is 7.33. The predicted molar refractivity (Wildman–Crippen MR) is 100 cm³/mol. The van der Waals surface area contributed by atoms with Crippen LogP contribution in [0.25, 0.3) is 0 Å². The Labute approximate surface area is 150 Å². The summed E-state index contributed by atoms with van der Waals surface area (Å²) in [6.07, 6.45) is 0. The van der Waals surface area contributed by atoms with Gasteiger partial charge in [0.2, 0.25) is 11.0 Å². The highest BCUT2D eigenvalue weighted by Crippen LogP contribution is 2.25. The summed E-state index contributed by atoms with van der Waals surface area (Å²) in [6.45, 7) is 7.68. The molecule has 0 spiro atoms. The zero-order valence-electron chi connectivity index (χ0n) is 14.0. The summed E-state index contributed by atoms with van der Waals surface area (Å²) in [4.78, 5) is 12.0. The van der Waals surface area contributed by atoms with Gasteiger partial charge in [-0.15, -0.1) is 10.2 Å². The summed E-state index contributed by atoms with van der Waals surface area (Å²) in [5.41, 5.74) is 0.751. The van der Waals surface area contributed by atoms with Crippen molar-refractivity contribution in [1.29, 1.82) is 0 Å². The van der Waals surface area contributed by atoms with Crippen LogP contribution in [0.5, 0.6) is 5.75 Å². The monoisotopic (exact) mass is 366 g/mol. The Balaban J connectivity index is 1.76. The van der Waals surface area contributed by atoms with E-state index >= 15 is 0 Å². The first-order chi connectivity index (χ1) is 11.6. The van der Waals surface area contributed by atoms with Gasteiger partial charge in [-0.1, -0.05) is 36.9 Å². The molecule has 1 aromatic carbocycles. The molecule has 24 heavy (non-hydrogen) atoms. The van der Waals surface area contributed by atoms with Crippen molar-refractivity contribution in [1.82, 2.24) is 10.2 Å². The molecule has 0 aliphatic heterocycles. The topological polar surface area (TPSA) is 76.1 Å². The van der Waals surface area contributed by atoms with E-state index in [4.69, 9.17) is 4.74 Å². The molecule has 0 atom stereocenters. The first-order valence-corrected chi connectivity index (χ1v) is 9.60. The molecule has 0 aliphatic carbocycles. The Morgan fingerprint density at radius 1 is 1.29 bits per heavy atom. The van der Waals surface area contributed by atoms with Crippen molar-refractivity contribution in [3.05, 3.63) is 24.3 Å². The zero-order valence-corrected chi connectivity index (χ0v) is 15.7. The van der Waals surface area contributed by atoms with E-state index in [0.717, 1.165) is 27.5 Å². The maximum atomic E-state index is 12.0. The summed E-state index contributed by atoms with van der Waals surface area (Å²) < 4.78 is 6.15. The molecule has 130 valence electrons. The van der Waals surface area contributed by atoms with Crippen LogP contribution in [-0.4, -0.2) is 35.0 Å². The highest BCUT2D eigenvalue weighted by Gasteiger charge is 2.09. The Morgan fingerprint density at radius 2 is 2.04 bits per heavy atom. The number of aromatic nitrogens is 2. The third-order valence-electron chi connectivity index (χ3n) is 2.84. The number of ether oxygens (including phenoxy) is 1. The molecular formula is C16H22N4O2S2. The van der Waals surface area contributed by atoms with Gasteiger partial charge >= 0.3 is 0 Å². The molecule has 1 amide bonds. The minimum Gasteiger partial charge on any atom is -0.494 e. The minimum atomic E-state index is -0.0731. The van der Waals surface area contributed by atoms with Gasteiger partial charge in [-0.25, -0.2) is 0 Å². The number of carbonyl (C=O) groups is 1. The maximum Gasteiger partial charge on any atom is 0.234 e. The smallest absolute Gasteiger partial charge is 0.234 e. The largest absolute Gasteiger partial charge is 0.494 e. The molecule has 0 saturated carbocycles. The average Bonchev–Trinajstić information content (AvgIpc) is 3.01. The number of benzene rings is 1. The van der Waals surface area contributed by atoms with Gasteiger partial charge in [-0.3, -0.25) is 4.79 Å². The number of rotatable bonds is 9. The summed E-state index contributed by atoms with van der Waals surface area (Å²) in [7, 11) is 0. The third kappa shape index (κ3) is 6.37. The Morgan fingerprint density at radius 3 is 2.71 bits per heavy atom. The number of carbonyl (C=O) groups excluding carboxylic acids is 1. The van der Waals surface area contributed by atoms with Gasteiger partial charge in [0.1, 0.15) is 5.75 Å². The van der Waals surface area contributed by atoms with E-state index < -0.39 is 0 Å². The standard InChI is InChI=1S/C16H22N4O2S2/c1-4-22-13-7-5-12(6-8-13)18-14(21)10-23-16-20-19-15(24-16)17-9-11(2)3/h5-8,11H,4,9-10H2,1-3H3,(H,17,19)(H,18,21). The van der Waals surface area contributed by atoms with Crippen LogP contribution in [0.15, 0.2) is 28.6 Å². The molecule has 8 heteroatoms. The lowest BCUT2D eigenvalue weighted by Crippen LogP contribution is -2.13. The predicted octanol–water partition coefficient (Wildman–Crippen LogP) is 3.74. The summed E-state index contributed by atoms with van der Waals surface area (Å²) in [5.74, 6) is 1.56. The summed E-state index contributed by atoms with van der Waals surface area (Å²) >= 11 is 2.85. The van der Waals surface area contributed by atoms with Crippen molar-refractivity contribution in [2.45, 2.75) is 25.1 Å². The molecule has 2 rings (SSSR count). The lowest BCUT2D eigenvalue weighted by molar-refractivity contribution is -0.113. The molecule has 0 unspecified atom stereocenters. The van der Waals surface area contributed by atoms with Crippen molar-refractivity contribution in [2.24, 2.45) is 5.92 Å². The Kier molecular flexibility index (Phi) is 7.33. The van der Waals surface area contributed by atoms with Crippen molar-refractivity contribution >= 4 is 39.8 Å². The van der Waals surface area contributed by atoms with Crippen LogP contribution in [0.4, 0.5) is 10.8 Å². The van der Waals surface area contributed by atoms with Crippen LogP contribution in [-0.2, 0) is 4.79 Å². The maximum absolute atomic E-state index is 12.0. The molecule has 0 fully saturated rings. The normalized spacial score (nSPS) is 10.7. The van der Waals surface area contributed by atoms with Gasteiger partial charge in [-0.2, -0.15) is 0 Å². The number of thioether (sulfide) groups is 1. The van der Waals surface area contributed by atoms with Crippen LogP contribution in [0.2, 0.25) is 0 Å². The van der Waals surface area contributed by atoms with E-state index in [-0.39, 0.29) is 5.91 Å². The van der Waals surface area contributed by atoms with Crippen LogP contribution in [0.3, 0.4) is 0 Å². The zero-order chi connectivity index (χ0) is 17.4. The number of amides is 1. The number of anilines is 2. The minimum absolute atomic E-state index is 0.0731. The lowest BCUT2D eigenvalue weighted by Gasteiger charge is -2.06. The Bertz CT molecular complexity index is 644. The van der Waals surface area contributed by atoms with E-state index in [0.29, 0.717) is 18.3 Å². The van der Waals surface area contributed by atoms with Crippen LogP contribution in [0, 0.1) is 5.92 Å².